The second-order valence-electron chi connectivity index (χ2n) is 10.7. The maximum atomic E-state index is 13.5. The molecule has 0 radical (unpaired) electrons. The van der Waals surface area contributed by atoms with Crippen molar-refractivity contribution in [2.45, 2.75) is 95.8 Å². The molecule has 0 heterocycles. The van der Waals surface area contributed by atoms with Crippen LogP contribution in [0.2, 0.25) is 0 Å². The smallest absolute Gasteiger partial charge is 0.159 e. The molecule has 0 nitrogen and oxygen atoms in total. The largest absolute Gasteiger partial charge is 0.204 e. The number of benzene rings is 1. The Labute approximate surface area is 182 Å². The fourth-order valence-corrected chi connectivity index (χ4v) is 6.82. The molecule has 3 aliphatic carbocycles. The molecule has 0 N–H and O–H groups in total. The highest BCUT2D eigenvalue weighted by Crippen LogP contribution is 2.44. The highest BCUT2D eigenvalue weighted by atomic mass is 19.2. The van der Waals surface area contributed by atoms with Gasteiger partial charge in [-0.3, -0.25) is 0 Å². The van der Waals surface area contributed by atoms with Crippen molar-refractivity contribution in [3.8, 4) is 0 Å². The number of rotatable bonds is 6. The third-order valence-electron chi connectivity index (χ3n) is 8.95. The van der Waals surface area contributed by atoms with E-state index in [0.717, 1.165) is 48.0 Å². The Bertz CT molecular complexity index is 672. The van der Waals surface area contributed by atoms with E-state index in [1.807, 2.05) is 0 Å². The summed E-state index contributed by atoms with van der Waals surface area (Å²) in [5, 5.41) is 0. The second kappa shape index (κ2) is 10.4. The van der Waals surface area contributed by atoms with Crippen molar-refractivity contribution in [1.29, 1.82) is 0 Å². The zero-order valence-corrected chi connectivity index (χ0v) is 18.6. The highest BCUT2D eigenvalue weighted by molar-refractivity contribution is 5.22. The van der Waals surface area contributed by atoms with E-state index in [-0.39, 0.29) is 0 Å². The third kappa shape index (κ3) is 5.54. The lowest BCUT2D eigenvalue weighted by molar-refractivity contribution is 0.147. The summed E-state index contributed by atoms with van der Waals surface area (Å²) in [4.78, 5) is 0. The van der Waals surface area contributed by atoms with Gasteiger partial charge in [-0.25, -0.2) is 8.78 Å². The molecule has 0 aliphatic heterocycles. The molecule has 3 aliphatic rings. The Morgan fingerprint density at radius 3 is 1.77 bits per heavy atom. The molecule has 2 heteroatoms. The lowest BCUT2D eigenvalue weighted by Crippen LogP contribution is -2.25. The van der Waals surface area contributed by atoms with Gasteiger partial charge in [0, 0.05) is 0 Å². The molecular weight excluding hydrogens is 374 g/mol. The van der Waals surface area contributed by atoms with Crippen LogP contribution in [-0.4, -0.2) is 0 Å². The van der Waals surface area contributed by atoms with Crippen LogP contribution in [0.25, 0.3) is 0 Å². The number of allylic oxidation sites excluding steroid dienone is 1. The Hall–Kier alpha value is -1.18. The Morgan fingerprint density at radius 2 is 1.23 bits per heavy atom. The number of halogens is 2. The van der Waals surface area contributed by atoms with Gasteiger partial charge in [0.05, 0.1) is 0 Å². The van der Waals surface area contributed by atoms with Crippen LogP contribution >= 0.6 is 0 Å². The molecule has 4 rings (SSSR count). The minimum Gasteiger partial charge on any atom is -0.204 e. The second-order valence-corrected chi connectivity index (χ2v) is 10.7. The van der Waals surface area contributed by atoms with Crippen LogP contribution in [0.5, 0.6) is 0 Å². The number of hydrogen-bond acceptors (Lipinski definition) is 0. The van der Waals surface area contributed by atoms with Crippen molar-refractivity contribution in [1.82, 2.24) is 0 Å². The van der Waals surface area contributed by atoms with Crippen LogP contribution in [0, 0.1) is 41.2 Å². The Balaban J connectivity index is 1.14. The van der Waals surface area contributed by atoms with Crippen molar-refractivity contribution < 1.29 is 8.78 Å². The quantitative estimate of drug-likeness (QED) is 0.408. The van der Waals surface area contributed by atoms with Gasteiger partial charge in [-0.15, -0.1) is 6.58 Å². The predicted octanol–water partition coefficient (Wildman–Crippen LogP) is 8.82. The van der Waals surface area contributed by atoms with E-state index in [2.05, 4.69) is 12.7 Å². The first-order valence-corrected chi connectivity index (χ1v) is 12.7. The summed E-state index contributed by atoms with van der Waals surface area (Å²) in [6.45, 7) is 3.99. The van der Waals surface area contributed by atoms with Gasteiger partial charge in [-0.05, 0) is 117 Å². The van der Waals surface area contributed by atoms with E-state index >= 15 is 0 Å². The van der Waals surface area contributed by atoms with E-state index in [1.165, 1.54) is 89.2 Å². The highest BCUT2D eigenvalue weighted by Gasteiger charge is 2.31. The van der Waals surface area contributed by atoms with E-state index in [9.17, 15) is 8.78 Å². The van der Waals surface area contributed by atoms with Gasteiger partial charge in [-0.1, -0.05) is 37.8 Å². The molecule has 0 spiro atoms. The summed E-state index contributed by atoms with van der Waals surface area (Å²) >= 11 is 0. The molecular formula is C28H40F2. The van der Waals surface area contributed by atoms with E-state index in [0.29, 0.717) is 5.92 Å². The van der Waals surface area contributed by atoms with Gasteiger partial charge >= 0.3 is 0 Å². The maximum Gasteiger partial charge on any atom is 0.159 e. The van der Waals surface area contributed by atoms with E-state index in [1.54, 1.807) is 6.07 Å². The molecule has 3 saturated carbocycles. The fourth-order valence-electron chi connectivity index (χ4n) is 6.82. The standard InChI is InChI=1S/C28H40F2/c1-2-20-5-11-23(12-6-20)24-13-7-21(8-14-24)3-4-22-9-15-25(16-10-22)26-17-18-27(29)28(30)19-26/h2,17-25H,1,3-16H2. The monoisotopic (exact) mass is 414 g/mol. The van der Waals surface area contributed by atoms with Crippen molar-refractivity contribution >= 4 is 0 Å². The van der Waals surface area contributed by atoms with Crippen molar-refractivity contribution in [2.24, 2.45) is 29.6 Å². The lowest BCUT2D eigenvalue weighted by Gasteiger charge is -2.38. The summed E-state index contributed by atoms with van der Waals surface area (Å²) in [5.74, 6) is 3.57. The third-order valence-corrected chi connectivity index (χ3v) is 8.95. The van der Waals surface area contributed by atoms with Crippen molar-refractivity contribution in [3.63, 3.8) is 0 Å². The maximum absolute atomic E-state index is 13.5. The molecule has 0 saturated heterocycles. The van der Waals surface area contributed by atoms with Gasteiger partial charge in [-0.2, -0.15) is 0 Å². The summed E-state index contributed by atoms with van der Waals surface area (Å²) in [5.41, 5.74) is 0.993. The SMILES string of the molecule is C=CC1CCC(C2CCC(CCC3CCC(c4ccc(F)c(F)c4)CC3)CC2)CC1. The van der Waals surface area contributed by atoms with Crippen molar-refractivity contribution in [3.05, 3.63) is 48.1 Å². The zero-order valence-electron chi connectivity index (χ0n) is 18.6. The van der Waals surface area contributed by atoms with Crippen LogP contribution in [0.3, 0.4) is 0 Å². The summed E-state index contributed by atoms with van der Waals surface area (Å²) in [6, 6.07) is 4.49. The van der Waals surface area contributed by atoms with Crippen LogP contribution in [-0.2, 0) is 0 Å². The molecule has 0 unspecified atom stereocenters. The van der Waals surface area contributed by atoms with Crippen LogP contribution < -0.4 is 0 Å². The molecule has 3 fully saturated rings. The average molecular weight is 415 g/mol. The van der Waals surface area contributed by atoms with Gasteiger partial charge in [0.1, 0.15) is 0 Å². The van der Waals surface area contributed by atoms with E-state index in [4.69, 9.17) is 0 Å². The minimum absolute atomic E-state index is 0.419. The first-order chi connectivity index (χ1) is 14.6. The normalized spacial score (nSPS) is 35.1. The van der Waals surface area contributed by atoms with Crippen LogP contribution in [0.4, 0.5) is 8.78 Å². The number of hydrogen-bond donors (Lipinski definition) is 0. The predicted molar refractivity (Wildman–Crippen MR) is 121 cm³/mol. The molecule has 166 valence electrons. The molecule has 0 atom stereocenters. The summed E-state index contributed by atoms with van der Waals surface area (Å²) in [7, 11) is 0. The minimum atomic E-state index is -0.730. The molecule has 1 aromatic rings. The Kier molecular flexibility index (Phi) is 7.65. The molecule has 0 aromatic heterocycles. The average Bonchev–Trinajstić information content (AvgIpc) is 2.80. The summed E-state index contributed by atoms with van der Waals surface area (Å²) < 4.78 is 26.7. The fraction of sp³-hybridized carbons (Fsp3) is 0.714. The molecule has 0 bridgehead atoms. The van der Waals surface area contributed by atoms with Crippen LogP contribution in [0.15, 0.2) is 30.9 Å². The molecule has 0 amide bonds. The zero-order chi connectivity index (χ0) is 20.9. The van der Waals surface area contributed by atoms with Gasteiger partial charge < -0.3 is 0 Å². The van der Waals surface area contributed by atoms with Crippen LogP contribution in [0.1, 0.15) is 101 Å². The first kappa shape index (κ1) is 22.0. The molecule has 30 heavy (non-hydrogen) atoms. The molecule has 1 aromatic carbocycles. The van der Waals surface area contributed by atoms with Gasteiger partial charge in [0.15, 0.2) is 11.6 Å². The lowest BCUT2D eigenvalue weighted by atomic mass is 9.68. The first-order valence-electron chi connectivity index (χ1n) is 12.7. The van der Waals surface area contributed by atoms with Gasteiger partial charge in [0.25, 0.3) is 0 Å². The van der Waals surface area contributed by atoms with Gasteiger partial charge in [0.2, 0.25) is 0 Å². The van der Waals surface area contributed by atoms with E-state index < -0.39 is 11.6 Å². The Morgan fingerprint density at radius 1 is 0.700 bits per heavy atom. The van der Waals surface area contributed by atoms with Crippen molar-refractivity contribution in [2.75, 3.05) is 0 Å². The topological polar surface area (TPSA) is 0 Å². The summed E-state index contributed by atoms with van der Waals surface area (Å²) in [6.07, 6.45) is 21.2.